The standard InChI is InChI=1S/C29H49BN2O4/c1-24(2)12-17-16-6-7-19-26(4,10-8-18-25(3,14-31)20(33)9-11-29(18,19)30)27(16,5)13-21(34)28(17,15-32)23(36)22(24)35/h6,17-23,33-36H,7-15,31-32H2,1-5H3/t17?,18?,19?,20-,21+,22-,23-,25+,26+,27+,28-,29+/m0/s1. The zero-order valence-corrected chi connectivity index (χ0v) is 23.0. The molecule has 8 N–H and O–H groups in total. The summed E-state index contributed by atoms with van der Waals surface area (Å²) in [6.07, 6.45) is 4.44. The molecule has 6 nitrogen and oxygen atoms in total. The third-order valence-corrected chi connectivity index (χ3v) is 13.3. The van der Waals surface area contributed by atoms with E-state index in [1.165, 1.54) is 5.57 Å². The Bertz CT molecular complexity index is 944. The van der Waals surface area contributed by atoms with Crippen LogP contribution in [-0.2, 0) is 0 Å². The lowest BCUT2D eigenvalue weighted by Gasteiger charge is -2.73. The third-order valence-electron chi connectivity index (χ3n) is 13.3. The van der Waals surface area contributed by atoms with Crippen LogP contribution in [0.4, 0.5) is 0 Å². The number of rotatable bonds is 2. The summed E-state index contributed by atoms with van der Waals surface area (Å²) in [5, 5.41) is 44.8. The monoisotopic (exact) mass is 500 g/mol. The summed E-state index contributed by atoms with van der Waals surface area (Å²) in [5.74, 6) is 0.259. The highest BCUT2D eigenvalue weighted by molar-refractivity contribution is 6.16. The molecule has 5 aliphatic carbocycles. The zero-order valence-electron chi connectivity index (χ0n) is 23.0. The van der Waals surface area contributed by atoms with Crippen molar-refractivity contribution in [3.8, 4) is 0 Å². The van der Waals surface area contributed by atoms with Crippen LogP contribution in [0.3, 0.4) is 0 Å². The average molecular weight is 501 g/mol. The van der Waals surface area contributed by atoms with Crippen LogP contribution in [-0.4, -0.2) is 65.8 Å². The van der Waals surface area contributed by atoms with Crippen LogP contribution < -0.4 is 11.5 Å². The molecular formula is C29H49BN2O4. The Morgan fingerprint density at radius 1 is 0.861 bits per heavy atom. The molecule has 5 aliphatic rings. The quantitative estimate of drug-likeness (QED) is 0.255. The second kappa shape index (κ2) is 8.05. The SMILES string of the molecule is [B][C@]12CC[C@H](O)[C@](C)(CN)C1CC[C@]1(C)C2CC=C2C3CC(C)(C)[C@@H](O)[C@H](O)[C@]3(CN)[C@H](O)C[C@]21C. The Balaban J connectivity index is 1.63. The van der Waals surface area contributed by atoms with E-state index in [4.69, 9.17) is 19.3 Å². The van der Waals surface area contributed by atoms with Gasteiger partial charge in [-0.2, -0.15) is 0 Å². The molecule has 0 spiro atoms. The van der Waals surface area contributed by atoms with Crippen molar-refractivity contribution in [2.24, 2.45) is 56.3 Å². The third kappa shape index (κ3) is 2.97. The average Bonchev–Trinajstić information content (AvgIpc) is 2.81. The van der Waals surface area contributed by atoms with E-state index in [2.05, 4.69) is 26.8 Å². The smallest absolute Gasteiger partial charge is 0.0903 e. The molecule has 0 amide bonds. The van der Waals surface area contributed by atoms with E-state index >= 15 is 0 Å². The van der Waals surface area contributed by atoms with Crippen molar-refractivity contribution in [2.75, 3.05) is 13.1 Å². The van der Waals surface area contributed by atoms with Crippen LogP contribution in [0.25, 0.3) is 0 Å². The first-order chi connectivity index (χ1) is 16.6. The summed E-state index contributed by atoms with van der Waals surface area (Å²) in [4.78, 5) is 0. The van der Waals surface area contributed by atoms with E-state index in [-0.39, 0.29) is 35.1 Å². The van der Waals surface area contributed by atoms with Crippen molar-refractivity contribution >= 4 is 7.85 Å². The number of hydrogen-bond acceptors (Lipinski definition) is 6. The van der Waals surface area contributed by atoms with E-state index in [9.17, 15) is 20.4 Å². The van der Waals surface area contributed by atoms with Crippen molar-refractivity contribution in [1.29, 1.82) is 0 Å². The lowest BCUT2D eigenvalue weighted by Crippen LogP contribution is -2.72. The van der Waals surface area contributed by atoms with Gasteiger partial charge in [0.15, 0.2) is 0 Å². The van der Waals surface area contributed by atoms with Gasteiger partial charge in [0.2, 0.25) is 0 Å². The summed E-state index contributed by atoms with van der Waals surface area (Å²) in [6.45, 7) is 11.4. The van der Waals surface area contributed by atoms with Crippen LogP contribution >= 0.6 is 0 Å². The van der Waals surface area contributed by atoms with E-state index in [1.54, 1.807) is 0 Å². The van der Waals surface area contributed by atoms with Crippen molar-refractivity contribution in [1.82, 2.24) is 0 Å². The van der Waals surface area contributed by atoms with Crippen LogP contribution in [0.2, 0.25) is 5.31 Å². The van der Waals surface area contributed by atoms with Gasteiger partial charge in [-0.15, -0.1) is 0 Å². The number of fused-ring (bicyclic) bond motifs is 7. The molecule has 0 bridgehead atoms. The highest BCUT2D eigenvalue weighted by Crippen LogP contribution is 2.77. The largest absolute Gasteiger partial charge is 0.393 e. The van der Waals surface area contributed by atoms with E-state index in [0.717, 1.165) is 25.7 Å². The van der Waals surface area contributed by atoms with Crippen LogP contribution in [0.15, 0.2) is 11.6 Å². The molecule has 0 aliphatic heterocycles. The van der Waals surface area contributed by atoms with Gasteiger partial charge in [-0.05, 0) is 72.5 Å². The predicted molar refractivity (Wildman–Crippen MR) is 142 cm³/mol. The Hall–Kier alpha value is -0.435. The first-order valence-electron chi connectivity index (χ1n) is 14.2. The molecule has 12 atom stereocenters. The van der Waals surface area contributed by atoms with Gasteiger partial charge in [0, 0.05) is 23.9 Å². The number of aliphatic hydroxyl groups is 4. The van der Waals surface area contributed by atoms with Gasteiger partial charge in [0.25, 0.3) is 0 Å². The molecule has 2 radical (unpaired) electrons. The van der Waals surface area contributed by atoms with Gasteiger partial charge >= 0.3 is 0 Å². The molecule has 3 unspecified atom stereocenters. The molecule has 5 rings (SSSR count). The second-order valence-corrected chi connectivity index (χ2v) is 14.8. The lowest BCUT2D eigenvalue weighted by atomic mass is 9.29. The fourth-order valence-corrected chi connectivity index (χ4v) is 10.6. The number of allylic oxidation sites excluding steroid dienone is 2. The van der Waals surface area contributed by atoms with E-state index < -0.39 is 46.0 Å². The van der Waals surface area contributed by atoms with Gasteiger partial charge in [-0.25, -0.2) is 0 Å². The Kier molecular flexibility index (Phi) is 6.07. The fraction of sp³-hybridized carbons (Fsp3) is 0.931. The summed E-state index contributed by atoms with van der Waals surface area (Å²) in [5.41, 5.74) is 11.7. The molecule has 7 heteroatoms. The van der Waals surface area contributed by atoms with Crippen molar-refractivity contribution in [3.63, 3.8) is 0 Å². The fourth-order valence-electron chi connectivity index (χ4n) is 10.6. The highest BCUT2D eigenvalue weighted by Gasteiger charge is 2.71. The Labute approximate surface area is 218 Å². The maximum absolute atomic E-state index is 11.8. The molecule has 4 saturated carbocycles. The van der Waals surface area contributed by atoms with E-state index in [0.29, 0.717) is 25.8 Å². The normalized spacial score (nSPS) is 58.1. The minimum Gasteiger partial charge on any atom is -0.393 e. The molecule has 202 valence electrons. The summed E-state index contributed by atoms with van der Waals surface area (Å²) in [6, 6.07) is 0. The van der Waals surface area contributed by atoms with Crippen LogP contribution in [0.1, 0.15) is 79.6 Å². The number of hydrogen-bond donors (Lipinski definition) is 6. The van der Waals surface area contributed by atoms with Crippen molar-refractivity contribution < 1.29 is 20.4 Å². The van der Waals surface area contributed by atoms with Gasteiger partial charge in [-0.1, -0.05) is 58.0 Å². The van der Waals surface area contributed by atoms with Gasteiger partial charge in [0.1, 0.15) is 0 Å². The van der Waals surface area contributed by atoms with Crippen molar-refractivity contribution in [2.45, 2.75) is 109 Å². The minimum atomic E-state index is -1.08. The molecule has 0 aromatic heterocycles. The first kappa shape index (κ1) is 27.1. The number of aliphatic hydroxyl groups excluding tert-OH is 4. The minimum absolute atomic E-state index is 0.101. The maximum atomic E-state index is 11.8. The zero-order chi connectivity index (χ0) is 26.7. The topological polar surface area (TPSA) is 133 Å². The van der Waals surface area contributed by atoms with Crippen LogP contribution in [0, 0.1) is 44.8 Å². The predicted octanol–water partition coefficient (Wildman–Crippen LogP) is 2.28. The molecular weight excluding hydrogens is 451 g/mol. The van der Waals surface area contributed by atoms with Gasteiger partial charge in [0.05, 0.1) is 32.3 Å². The Morgan fingerprint density at radius 3 is 2.14 bits per heavy atom. The summed E-state index contributed by atoms with van der Waals surface area (Å²) < 4.78 is 0. The molecule has 0 saturated heterocycles. The maximum Gasteiger partial charge on any atom is 0.0903 e. The number of nitrogens with two attached hydrogens (primary N) is 2. The Morgan fingerprint density at radius 2 is 1.53 bits per heavy atom. The van der Waals surface area contributed by atoms with Crippen LogP contribution in [0.5, 0.6) is 0 Å². The van der Waals surface area contributed by atoms with E-state index in [1.807, 2.05) is 13.8 Å². The second-order valence-electron chi connectivity index (χ2n) is 14.8. The molecule has 0 aromatic carbocycles. The summed E-state index contributed by atoms with van der Waals surface area (Å²) in [7, 11) is 7.45. The molecule has 4 fully saturated rings. The molecule has 0 aromatic rings. The first-order valence-corrected chi connectivity index (χ1v) is 14.2. The molecule has 36 heavy (non-hydrogen) atoms. The van der Waals surface area contributed by atoms with Gasteiger partial charge in [-0.3, -0.25) is 0 Å². The molecule has 0 heterocycles. The van der Waals surface area contributed by atoms with Crippen molar-refractivity contribution in [3.05, 3.63) is 11.6 Å². The van der Waals surface area contributed by atoms with Gasteiger partial charge < -0.3 is 31.9 Å². The summed E-state index contributed by atoms with van der Waals surface area (Å²) >= 11 is 0. The highest BCUT2D eigenvalue weighted by atomic mass is 16.3. The lowest BCUT2D eigenvalue weighted by molar-refractivity contribution is -0.236.